The van der Waals surface area contributed by atoms with Crippen LogP contribution in [0.5, 0.6) is 0 Å². The molecule has 0 aromatic carbocycles. The number of aliphatic hydroxyl groups excluding tert-OH is 1. The number of carbonyl (C=O) groups is 11. The van der Waals surface area contributed by atoms with Crippen molar-refractivity contribution >= 4 is 65.0 Å². The highest BCUT2D eigenvalue weighted by atomic mass is 16.3. The number of nitrogens with one attached hydrogen (secondary N) is 4. The number of aliphatic hydroxyl groups is 3. The monoisotopic (exact) mass is 1230 g/mol. The number of likely N-dealkylation sites (N-methyl/N-ethyl adjacent to an activating group) is 7. The van der Waals surface area contributed by atoms with Crippen molar-refractivity contribution in [2.75, 3.05) is 55.9 Å². The molecule has 0 aliphatic carbocycles. The van der Waals surface area contributed by atoms with Gasteiger partial charge in [0.1, 0.15) is 60.4 Å². The van der Waals surface area contributed by atoms with Gasteiger partial charge >= 0.3 is 0 Å². The van der Waals surface area contributed by atoms with Crippen LogP contribution in [0.4, 0.5) is 0 Å². The summed E-state index contributed by atoms with van der Waals surface area (Å²) in [5.74, 6) is -10.8. The highest BCUT2D eigenvalue weighted by molar-refractivity contribution is 5.99. The van der Waals surface area contributed by atoms with E-state index in [9.17, 15) is 58.5 Å². The molecular weight excluding hydrogens is 1120 g/mol. The topological polar surface area (TPSA) is 319 Å². The molecule has 0 radical (unpaired) electrons. The Morgan fingerprint density at radius 1 is 0.506 bits per heavy atom. The Balaban J connectivity index is 4.39. The van der Waals surface area contributed by atoms with Crippen molar-refractivity contribution in [3.8, 4) is 0 Å². The Morgan fingerprint density at radius 3 is 1.43 bits per heavy atom. The average molecular weight is 1230 g/mol. The summed E-state index contributed by atoms with van der Waals surface area (Å²) in [6.07, 6.45) is 1.74. The van der Waals surface area contributed by atoms with Gasteiger partial charge in [-0.2, -0.15) is 0 Å². The minimum Gasteiger partial charge on any atom is -0.390 e. The van der Waals surface area contributed by atoms with Gasteiger partial charge in [0.25, 0.3) is 0 Å². The average Bonchev–Trinajstić information content (AvgIpc) is 2.29. The zero-order valence-corrected chi connectivity index (χ0v) is 56.8. The summed E-state index contributed by atoms with van der Waals surface area (Å²) in [7, 11) is 9.39. The number of hydrogen-bond acceptors (Lipinski definition) is 14. The van der Waals surface area contributed by atoms with Crippen LogP contribution in [-0.4, -0.2) is 248 Å². The van der Waals surface area contributed by atoms with Crippen molar-refractivity contribution in [2.45, 2.75) is 234 Å². The third-order valence-electron chi connectivity index (χ3n) is 16.1. The smallest absolute Gasteiger partial charge is 0.246 e. The first-order chi connectivity index (χ1) is 39.8. The number of carbonyl (C=O) groups excluding carboxylic acids is 11. The molecule has 12 atom stereocenters. The molecule has 0 bridgehead atoms. The predicted molar refractivity (Wildman–Crippen MR) is 331 cm³/mol. The van der Waals surface area contributed by atoms with E-state index in [1.807, 2.05) is 27.7 Å². The molecule has 1 aliphatic heterocycles. The van der Waals surface area contributed by atoms with Crippen LogP contribution in [0.1, 0.15) is 156 Å². The molecule has 1 saturated heterocycles. The molecule has 87 heavy (non-hydrogen) atoms. The van der Waals surface area contributed by atoms with Crippen LogP contribution in [0, 0.1) is 29.6 Å². The molecule has 0 aromatic heterocycles. The zero-order valence-electron chi connectivity index (χ0n) is 56.8. The van der Waals surface area contributed by atoms with Crippen molar-refractivity contribution in [1.82, 2.24) is 55.6 Å². The Labute approximate surface area is 518 Å². The maximum Gasteiger partial charge on any atom is 0.246 e. The molecule has 1 rings (SSSR count). The molecule has 11 amide bonds. The van der Waals surface area contributed by atoms with E-state index in [2.05, 4.69) is 21.3 Å². The van der Waals surface area contributed by atoms with Gasteiger partial charge in [-0.3, -0.25) is 52.7 Å². The van der Waals surface area contributed by atoms with Crippen molar-refractivity contribution in [1.29, 1.82) is 0 Å². The summed E-state index contributed by atoms with van der Waals surface area (Å²) in [5.41, 5.74) is -3.13. The fourth-order valence-corrected chi connectivity index (χ4v) is 10.7. The summed E-state index contributed by atoms with van der Waals surface area (Å²) in [6.45, 7) is 26.9. The molecule has 1 heterocycles. The van der Waals surface area contributed by atoms with E-state index in [0.717, 1.165) is 19.6 Å². The van der Waals surface area contributed by atoms with Crippen molar-refractivity contribution < 1.29 is 68.1 Å². The third kappa shape index (κ3) is 22.7. The van der Waals surface area contributed by atoms with E-state index >= 15 is 9.59 Å². The largest absolute Gasteiger partial charge is 0.390 e. The molecule has 25 nitrogen and oxygen atoms in total. The molecular formula is C62H111N11O14. The summed E-state index contributed by atoms with van der Waals surface area (Å²) >= 11 is 0. The molecule has 0 spiro atoms. The number of hydrogen-bond donors (Lipinski definition) is 7. The summed E-state index contributed by atoms with van der Waals surface area (Å²) in [6, 6.07) is -13.6. The summed E-state index contributed by atoms with van der Waals surface area (Å²) < 4.78 is 0. The fraction of sp³-hybridized carbons (Fsp3) is 0.790. The zero-order chi connectivity index (χ0) is 67.8. The van der Waals surface area contributed by atoms with Crippen LogP contribution in [0.3, 0.4) is 0 Å². The van der Waals surface area contributed by atoms with E-state index < -0.39 is 167 Å². The molecule has 498 valence electrons. The molecule has 25 heteroatoms. The van der Waals surface area contributed by atoms with E-state index in [1.165, 1.54) is 106 Å². The number of rotatable bonds is 15. The number of amides is 11. The maximum absolute atomic E-state index is 15.1. The lowest BCUT2D eigenvalue weighted by Gasteiger charge is -2.42. The van der Waals surface area contributed by atoms with Crippen LogP contribution >= 0.6 is 0 Å². The van der Waals surface area contributed by atoms with Gasteiger partial charge in [-0.25, -0.2) is 0 Å². The molecule has 0 aromatic rings. The Kier molecular flexibility index (Phi) is 30.8. The summed E-state index contributed by atoms with van der Waals surface area (Å²) in [4.78, 5) is 168. The first-order valence-electron chi connectivity index (χ1n) is 30.6. The predicted octanol–water partition coefficient (Wildman–Crippen LogP) is 1.50. The van der Waals surface area contributed by atoms with Crippen LogP contribution in [0.2, 0.25) is 0 Å². The van der Waals surface area contributed by atoms with Crippen molar-refractivity contribution in [3.63, 3.8) is 0 Å². The van der Waals surface area contributed by atoms with Crippen LogP contribution in [0.15, 0.2) is 12.2 Å². The third-order valence-corrected chi connectivity index (χ3v) is 16.1. The van der Waals surface area contributed by atoms with Gasteiger partial charge in [-0.1, -0.05) is 81.4 Å². The Bertz CT molecular complexity index is 2420. The van der Waals surface area contributed by atoms with Gasteiger partial charge in [0, 0.05) is 62.2 Å². The van der Waals surface area contributed by atoms with Gasteiger partial charge in [0.05, 0.1) is 23.9 Å². The molecule has 1 fully saturated rings. The number of nitrogens with zero attached hydrogens (tertiary/aromatic N) is 7. The Morgan fingerprint density at radius 2 is 0.954 bits per heavy atom. The van der Waals surface area contributed by atoms with E-state index in [0.29, 0.717) is 0 Å². The van der Waals surface area contributed by atoms with E-state index in [1.54, 1.807) is 60.6 Å². The highest BCUT2D eigenvalue weighted by Gasteiger charge is 2.46. The second-order valence-electron chi connectivity index (χ2n) is 26.9. The fourth-order valence-electron chi connectivity index (χ4n) is 10.7. The van der Waals surface area contributed by atoms with Crippen LogP contribution in [0.25, 0.3) is 0 Å². The van der Waals surface area contributed by atoms with Crippen LogP contribution in [-0.2, 0) is 52.7 Å². The lowest BCUT2D eigenvalue weighted by molar-refractivity contribution is -0.158. The standard InChI is InChI=1S/C62H111N11O14/c1-25-27-28-38(11)50(75)49-54(79)65-41(26-2)56(81)67(18)33-46(74)68(19)44(31-61(14,15)86)53(78)66-47(36(7)8)59(84)69(20)42(29-34(3)4)52(77)63-39(12)51(76)64-40(13)55(80)71(22)45(32-62(16,17)87)58(83)70(21)43(30-35(5)6)57(82)72(23)48(37(9)10)60(85)73(49)24/h25,27,34-45,47-50,75,86-87H,26,28-33H2,1-24H3,(H,63,77)(H,64,76)(H,65,79)(H,66,78)/b27-25+/t38?,39-,40+,41-,42-,43-,44-,45-,47-,48-,49-,50?/m0/s1. The SMILES string of the molecule is C/C=C/CC(C)C(O)[C@H]1C(=O)N[C@@H](CC)C(=O)N(C)CC(=O)N(C)[C@@H](CC(C)(C)O)C(=O)N[C@@H](C(C)C)C(=O)N(C)[C@@H](CC(C)C)C(=O)N[C@@H](C)C(=O)N[C@H](C)C(=O)N(C)[C@@H](CC(C)(C)O)C(=O)N(C)[C@@H](CC(C)C)C(=O)N(C)[C@@H](C(C)C)C(=O)N1C. The van der Waals surface area contributed by atoms with E-state index in [-0.39, 0.29) is 50.4 Å². The first kappa shape index (κ1) is 78.8. The van der Waals surface area contributed by atoms with Gasteiger partial charge in [0.2, 0.25) is 65.0 Å². The lowest BCUT2D eigenvalue weighted by Crippen LogP contribution is -2.63. The van der Waals surface area contributed by atoms with Gasteiger partial charge in [-0.15, -0.1) is 0 Å². The highest BCUT2D eigenvalue weighted by Crippen LogP contribution is 2.26. The molecule has 7 N–H and O–H groups in total. The van der Waals surface area contributed by atoms with Crippen molar-refractivity contribution in [2.24, 2.45) is 29.6 Å². The van der Waals surface area contributed by atoms with Gasteiger partial charge in [-0.05, 0) is 104 Å². The second kappa shape index (κ2) is 33.9. The van der Waals surface area contributed by atoms with Crippen LogP contribution < -0.4 is 21.3 Å². The second-order valence-corrected chi connectivity index (χ2v) is 26.9. The molecule has 0 saturated carbocycles. The minimum atomic E-state index is -1.66. The lowest BCUT2D eigenvalue weighted by atomic mass is 9.91. The van der Waals surface area contributed by atoms with Gasteiger partial charge < -0.3 is 70.9 Å². The maximum atomic E-state index is 15.1. The van der Waals surface area contributed by atoms with E-state index in [4.69, 9.17) is 0 Å². The minimum absolute atomic E-state index is 0.0287. The first-order valence-corrected chi connectivity index (χ1v) is 30.6. The quantitative estimate of drug-likeness (QED) is 0.114. The Hall–Kier alpha value is -6.21. The molecule has 2 unspecified atom stereocenters. The van der Waals surface area contributed by atoms with Crippen molar-refractivity contribution in [3.05, 3.63) is 12.2 Å². The summed E-state index contributed by atoms with van der Waals surface area (Å²) in [5, 5.41) is 45.1. The molecule has 1 aliphatic rings. The normalized spacial score (nSPS) is 26.8. The van der Waals surface area contributed by atoms with Gasteiger partial charge in [0.15, 0.2) is 0 Å². The number of allylic oxidation sites excluding steroid dienone is 2.